The zero-order valence-corrected chi connectivity index (χ0v) is 14.9. The third kappa shape index (κ3) is 4.96. The van der Waals surface area contributed by atoms with Crippen LogP contribution in [-0.4, -0.2) is 54.8 Å². The van der Waals surface area contributed by atoms with Crippen LogP contribution in [0.15, 0.2) is 45.6 Å². The van der Waals surface area contributed by atoms with Crippen LogP contribution in [0.3, 0.4) is 0 Å². The van der Waals surface area contributed by atoms with Crippen molar-refractivity contribution in [2.24, 2.45) is 0 Å². The summed E-state index contributed by atoms with van der Waals surface area (Å²) >= 11 is 0. The standard InChI is InChI=1S/C18H25N3O4/c1-4-21(5-2)14(15-8-6-10-24-15)12-19-17(22)13-20(3)18(23)16-9-7-11-25-16/h6-11,14H,4-5,12-13H2,1-3H3,(H,19,22)/t14-/m1/s1. The minimum atomic E-state index is -0.327. The van der Waals surface area contributed by atoms with Gasteiger partial charge in [-0.2, -0.15) is 0 Å². The van der Waals surface area contributed by atoms with E-state index in [1.54, 1.807) is 25.4 Å². The highest BCUT2D eigenvalue weighted by Crippen LogP contribution is 2.20. The summed E-state index contributed by atoms with van der Waals surface area (Å²) in [5.41, 5.74) is 0. The van der Waals surface area contributed by atoms with Crippen LogP contribution in [0.25, 0.3) is 0 Å². The average Bonchev–Trinajstić information content (AvgIpc) is 3.31. The number of furan rings is 2. The van der Waals surface area contributed by atoms with E-state index in [1.165, 1.54) is 11.2 Å². The number of nitrogens with zero attached hydrogens (tertiary/aromatic N) is 2. The van der Waals surface area contributed by atoms with Crippen LogP contribution in [-0.2, 0) is 4.79 Å². The van der Waals surface area contributed by atoms with Crippen molar-refractivity contribution in [2.75, 3.05) is 33.2 Å². The van der Waals surface area contributed by atoms with Gasteiger partial charge in [-0.1, -0.05) is 13.8 Å². The average molecular weight is 347 g/mol. The van der Waals surface area contributed by atoms with E-state index in [9.17, 15) is 9.59 Å². The van der Waals surface area contributed by atoms with E-state index in [0.717, 1.165) is 18.8 Å². The molecule has 0 aliphatic heterocycles. The Morgan fingerprint density at radius 3 is 2.36 bits per heavy atom. The lowest BCUT2D eigenvalue weighted by molar-refractivity contribution is -0.121. The highest BCUT2D eigenvalue weighted by atomic mass is 16.3. The molecule has 0 aliphatic carbocycles. The first kappa shape index (κ1) is 18.8. The second-order valence-corrected chi connectivity index (χ2v) is 5.70. The van der Waals surface area contributed by atoms with Gasteiger partial charge in [0.2, 0.25) is 5.91 Å². The molecule has 2 heterocycles. The first-order valence-electron chi connectivity index (χ1n) is 8.39. The topological polar surface area (TPSA) is 78.9 Å². The van der Waals surface area contributed by atoms with Crippen LogP contribution in [0.5, 0.6) is 0 Å². The summed E-state index contributed by atoms with van der Waals surface area (Å²) in [7, 11) is 1.57. The second-order valence-electron chi connectivity index (χ2n) is 5.70. The van der Waals surface area contributed by atoms with Gasteiger partial charge in [0.1, 0.15) is 5.76 Å². The number of carbonyl (C=O) groups is 2. The third-order valence-electron chi connectivity index (χ3n) is 4.08. The van der Waals surface area contributed by atoms with Crippen molar-refractivity contribution in [1.29, 1.82) is 0 Å². The summed E-state index contributed by atoms with van der Waals surface area (Å²) in [5, 5.41) is 2.89. The van der Waals surface area contributed by atoms with E-state index in [-0.39, 0.29) is 30.2 Å². The quantitative estimate of drug-likeness (QED) is 0.752. The zero-order chi connectivity index (χ0) is 18.2. The Morgan fingerprint density at radius 2 is 1.80 bits per heavy atom. The number of hydrogen-bond donors (Lipinski definition) is 1. The minimum absolute atomic E-state index is 0.0390. The summed E-state index contributed by atoms with van der Waals surface area (Å²) < 4.78 is 10.6. The molecule has 0 saturated carbocycles. The van der Waals surface area contributed by atoms with E-state index in [1.807, 2.05) is 12.1 Å². The van der Waals surface area contributed by atoms with Crippen molar-refractivity contribution in [3.63, 3.8) is 0 Å². The van der Waals surface area contributed by atoms with Crippen molar-refractivity contribution in [3.05, 3.63) is 48.3 Å². The fourth-order valence-corrected chi connectivity index (χ4v) is 2.70. The fourth-order valence-electron chi connectivity index (χ4n) is 2.70. The lowest BCUT2D eigenvalue weighted by Gasteiger charge is -2.28. The summed E-state index contributed by atoms with van der Waals surface area (Å²) in [4.78, 5) is 27.8. The maximum absolute atomic E-state index is 12.2. The molecule has 0 radical (unpaired) electrons. The number of hydrogen-bond acceptors (Lipinski definition) is 5. The molecule has 0 unspecified atom stereocenters. The van der Waals surface area contributed by atoms with Crippen LogP contribution in [0.1, 0.15) is 36.2 Å². The molecule has 136 valence electrons. The molecule has 1 atom stereocenters. The van der Waals surface area contributed by atoms with Gasteiger partial charge in [0.05, 0.1) is 25.1 Å². The molecule has 0 aliphatic rings. The van der Waals surface area contributed by atoms with E-state index in [0.29, 0.717) is 6.54 Å². The van der Waals surface area contributed by atoms with Crippen LogP contribution >= 0.6 is 0 Å². The molecule has 0 spiro atoms. The number of amides is 2. The van der Waals surface area contributed by atoms with Crippen molar-refractivity contribution in [1.82, 2.24) is 15.1 Å². The number of nitrogens with one attached hydrogen (secondary N) is 1. The Morgan fingerprint density at radius 1 is 1.12 bits per heavy atom. The summed E-state index contributed by atoms with van der Waals surface area (Å²) in [5.74, 6) is 0.466. The molecule has 0 saturated heterocycles. The third-order valence-corrected chi connectivity index (χ3v) is 4.08. The molecule has 2 aromatic heterocycles. The second kappa shape index (κ2) is 9.08. The molecule has 7 heteroatoms. The van der Waals surface area contributed by atoms with Crippen molar-refractivity contribution in [3.8, 4) is 0 Å². The molecule has 0 fully saturated rings. The molecule has 7 nitrogen and oxygen atoms in total. The Labute approximate surface area is 147 Å². The van der Waals surface area contributed by atoms with Crippen LogP contribution < -0.4 is 5.32 Å². The van der Waals surface area contributed by atoms with Gasteiger partial charge in [0.25, 0.3) is 5.91 Å². The maximum Gasteiger partial charge on any atom is 0.289 e. The van der Waals surface area contributed by atoms with E-state index in [2.05, 4.69) is 24.1 Å². The predicted molar refractivity (Wildman–Crippen MR) is 93.0 cm³/mol. The Bertz CT molecular complexity index is 648. The smallest absolute Gasteiger partial charge is 0.289 e. The summed E-state index contributed by atoms with van der Waals surface area (Å²) in [6, 6.07) is 6.91. The normalized spacial score (nSPS) is 12.2. The fraction of sp³-hybridized carbons (Fsp3) is 0.444. The molecule has 0 bridgehead atoms. The largest absolute Gasteiger partial charge is 0.468 e. The molecular formula is C18H25N3O4. The molecular weight excluding hydrogens is 322 g/mol. The SMILES string of the molecule is CCN(CC)[C@H](CNC(=O)CN(C)C(=O)c1ccco1)c1ccco1. The zero-order valence-electron chi connectivity index (χ0n) is 14.9. The first-order chi connectivity index (χ1) is 12.1. The Balaban J connectivity index is 1.91. The van der Waals surface area contributed by atoms with E-state index >= 15 is 0 Å². The maximum atomic E-state index is 12.2. The van der Waals surface area contributed by atoms with Gasteiger partial charge in [-0.15, -0.1) is 0 Å². The van der Waals surface area contributed by atoms with E-state index in [4.69, 9.17) is 8.83 Å². The molecule has 2 rings (SSSR count). The van der Waals surface area contributed by atoms with Gasteiger partial charge in [0.15, 0.2) is 5.76 Å². The molecule has 0 aromatic carbocycles. The van der Waals surface area contributed by atoms with Crippen LogP contribution in [0.4, 0.5) is 0 Å². The van der Waals surface area contributed by atoms with Gasteiger partial charge in [-0.3, -0.25) is 14.5 Å². The van der Waals surface area contributed by atoms with E-state index < -0.39 is 0 Å². The lowest BCUT2D eigenvalue weighted by Crippen LogP contribution is -2.42. The molecule has 25 heavy (non-hydrogen) atoms. The molecule has 1 N–H and O–H groups in total. The lowest BCUT2D eigenvalue weighted by atomic mass is 10.2. The minimum Gasteiger partial charge on any atom is -0.468 e. The van der Waals surface area contributed by atoms with Gasteiger partial charge in [-0.05, 0) is 37.4 Å². The Kier molecular flexibility index (Phi) is 6.82. The van der Waals surface area contributed by atoms with Crippen LogP contribution in [0.2, 0.25) is 0 Å². The highest BCUT2D eigenvalue weighted by molar-refractivity contribution is 5.94. The van der Waals surface area contributed by atoms with Gasteiger partial charge in [-0.25, -0.2) is 0 Å². The highest BCUT2D eigenvalue weighted by Gasteiger charge is 2.22. The van der Waals surface area contributed by atoms with Crippen molar-refractivity contribution >= 4 is 11.8 Å². The first-order valence-corrected chi connectivity index (χ1v) is 8.39. The monoisotopic (exact) mass is 347 g/mol. The number of likely N-dealkylation sites (N-methyl/N-ethyl adjacent to an activating group) is 2. The van der Waals surface area contributed by atoms with Gasteiger partial charge >= 0.3 is 0 Å². The van der Waals surface area contributed by atoms with Gasteiger partial charge < -0.3 is 19.1 Å². The van der Waals surface area contributed by atoms with Crippen LogP contribution in [0, 0.1) is 0 Å². The van der Waals surface area contributed by atoms with Crippen molar-refractivity contribution < 1.29 is 18.4 Å². The predicted octanol–water partition coefficient (Wildman–Crippen LogP) is 2.14. The summed E-state index contributed by atoms with van der Waals surface area (Å²) in [6.45, 7) is 6.19. The van der Waals surface area contributed by atoms with Gasteiger partial charge in [0, 0.05) is 13.6 Å². The Hall–Kier alpha value is -2.54. The molecule has 2 aromatic rings. The van der Waals surface area contributed by atoms with Crippen molar-refractivity contribution in [2.45, 2.75) is 19.9 Å². The summed E-state index contributed by atoms with van der Waals surface area (Å²) in [6.07, 6.45) is 3.06. The number of rotatable bonds is 9. The number of carbonyl (C=O) groups excluding carboxylic acids is 2. The molecule has 2 amide bonds.